The molecule has 0 heterocycles. The number of rotatable bonds is 6. The van der Waals surface area contributed by atoms with E-state index in [-0.39, 0.29) is 0 Å². The van der Waals surface area contributed by atoms with Crippen LogP contribution in [0.1, 0.15) is 30.9 Å². The first kappa shape index (κ1) is 13.2. The maximum Gasteiger partial charge on any atom is 0.216 e. The van der Waals surface area contributed by atoms with Crippen LogP contribution in [0.4, 0.5) is 0 Å². The van der Waals surface area contributed by atoms with Crippen molar-refractivity contribution in [3.05, 3.63) is 35.4 Å². The lowest BCUT2D eigenvalue weighted by Crippen LogP contribution is -2.34. The van der Waals surface area contributed by atoms with Crippen LogP contribution in [0.15, 0.2) is 24.3 Å². The minimum Gasteiger partial charge on any atom is -0.390 e. The zero-order chi connectivity index (χ0) is 12.0. The van der Waals surface area contributed by atoms with Crippen molar-refractivity contribution in [3.8, 4) is 0 Å². The van der Waals surface area contributed by atoms with Crippen LogP contribution in [-0.4, -0.2) is 23.4 Å². The lowest BCUT2D eigenvalue weighted by atomic mass is 10.0. The highest BCUT2D eigenvalue weighted by Crippen LogP contribution is 2.25. The molecule has 0 aliphatic carbocycles. The Balaban J connectivity index is 2.83. The molecule has 0 saturated heterocycles. The second-order valence-corrected chi connectivity index (χ2v) is 3.96. The van der Waals surface area contributed by atoms with Crippen LogP contribution < -0.4 is 0 Å². The lowest BCUT2D eigenvalue weighted by molar-refractivity contribution is -0.234. The highest BCUT2D eigenvalue weighted by Gasteiger charge is 2.30. The molecule has 0 fully saturated rings. The molecule has 3 heteroatoms. The Morgan fingerprint density at radius 2 is 2.00 bits per heavy atom. The SMILES string of the molecule is CCCCOC(O)(CO)c1ccccc1C. The van der Waals surface area contributed by atoms with Crippen molar-refractivity contribution in [3.63, 3.8) is 0 Å². The summed E-state index contributed by atoms with van der Waals surface area (Å²) in [5.41, 5.74) is 1.55. The van der Waals surface area contributed by atoms with Crippen LogP contribution in [0.2, 0.25) is 0 Å². The van der Waals surface area contributed by atoms with Crippen LogP contribution in [0.25, 0.3) is 0 Å². The van der Waals surface area contributed by atoms with Crippen molar-refractivity contribution >= 4 is 0 Å². The molecule has 1 rings (SSSR count). The van der Waals surface area contributed by atoms with E-state index >= 15 is 0 Å². The molecular weight excluding hydrogens is 204 g/mol. The normalized spacial score (nSPS) is 14.8. The van der Waals surface area contributed by atoms with E-state index in [9.17, 15) is 10.2 Å². The van der Waals surface area contributed by atoms with Gasteiger partial charge < -0.3 is 14.9 Å². The molecule has 1 aromatic rings. The van der Waals surface area contributed by atoms with Crippen molar-refractivity contribution in [1.82, 2.24) is 0 Å². The van der Waals surface area contributed by atoms with Gasteiger partial charge in [-0.3, -0.25) is 0 Å². The summed E-state index contributed by atoms with van der Waals surface area (Å²) in [5, 5.41) is 19.5. The first-order chi connectivity index (χ1) is 7.64. The number of aliphatic hydroxyl groups is 2. The molecule has 0 aromatic heterocycles. The fraction of sp³-hybridized carbons (Fsp3) is 0.538. The third kappa shape index (κ3) is 3.04. The number of benzene rings is 1. The van der Waals surface area contributed by atoms with Crippen LogP contribution in [0.5, 0.6) is 0 Å². The molecule has 0 amide bonds. The fourth-order valence-corrected chi connectivity index (χ4v) is 1.61. The van der Waals surface area contributed by atoms with Gasteiger partial charge in [0, 0.05) is 5.56 Å². The summed E-state index contributed by atoms with van der Waals surface area (Å²) in [5.74, 6) is -1.57. The summed E-state index contributed by atoms with van der Waals surface area (Å²) in [6.45, 7) is 3.96. The number of unbranched alkanes of at least 4 members (excludes halogenated alkanes) is 1. The second-order valence-electron chi connectivity index (χ2n) is 3.96. The number of aliphatic hydroxyl groups excluding tert-OH is 1. The third-order valence-corrected chi connectivity index (χ3v) is 2.62. The smallest absolute Gasteiger partial charge is 0.216 e. The van der Waals surface area contributed by atoms with Crippen LogP contribution in [0.3, 0.4) is 0 Å². The molecular formula is C13H20O3. The zero-order valence-corrected chi connectivity index (χ0v) is 9.94. The molecule has 16 heavy (non-hydrogen) atoms. The molecule has 3 nitrogen and oxygen atoms in total. The molecule has 0 radical (unpaired) electrons. The Morgan fingerprint density at radius 1 is 1.31 bits per heavy atom. The molecule has 0 aliphatic heterocycles. The van der Waals surface area contributed by atoms with Crippen molar-refractivity contribution in [2.45, 2.75) is 32.5 Å². The summed E-state index contributed by atoms with van der Waals surface area (Å²) >= 11 is 0. The molecule has 0 saturated carbocycles. The number of ether oxygens (including phenoxy) is 1. The van der Waals surface area contributed by atoms with Gasteiger partial charge in [-0.25, -0.2) is 0 Å². The Hall–Kier alpha value is -0.900. The molecule has 1 unspecified atom stereocenters. The Labute approximate surface area is 96.7 Å². The highest BCUT2D eigenvalue weighted by atomic mass is 16.6. The molecule has 0 spiro atoms. The maximum atomic E-state index is 10.2. The molecule has 1 aromatic carbocycles. The monoisotopic (exact) mass is 224 g/mol. The van der Waals surface area contributed by atoms with E-state index in [0.29, 0.717) is 12.2 Å². The average molecular weight is 224 g/mol. The van der Waals surface area contributed by atoms with Crippen LogP contribution >= 0.6 is 0 Å². The molecule has 2 N–H and O–H groups in total. The van der Waals surface area contributed by atoms with Crippen molar-refractivity contribution < 1.29 is 14.9 Å². The van der Waals surface area contributed by atoms with Gasteiger partial charge in [-0.05, 0) is 18.9 Å². The molecule has 90 valence electrons. The van der Waals surface area contributed by atoms with E-state index in [1.807, 2.05) is 25.1 Å². The van der Waals surface area contributed by atoms with E-state index < -0.39 is 12.4 Å². The van der Waals surface area contributed by atoms with Gasteiger partial charge in [-0.1, -0.05) is 37.6 Å². The van der Waals surface area contributed by atoms with Crippen molar-refractivity contribution in [2.24, 2.45) is 0 Å². The fourth-order valence-electron chi connectivity index (χ4n) is 1.61. The maximum absolute atomic E-state index is 10.2. The number of hydrogen-bond acceptors (Lipinski definition) is 3. The molecule has 1 atom stereocenters. The Bertz CT molecular complexity index is 325. The van der Waals surface area contributed by atoms with E-state index in [0.717, 1.165) is 18.4 Å². The van der Waals surface area contributed by atoms with Gasteiger partial charge in [0.1, 0.15) is 6.61 Å². The standard InChI is InChI=1S/C13H20O3/c1-3-4-9-16-13(15,10-14)12-8-6-5-7-11(12)2/h5-8,14-15H,3-4,9-10H2,1-2H3. The highest BCUT2D eigenvalue weighted by molar-refractivity contribution is 5.29. The van der Waals surface area contributed by atoms with Crippen molar-refractivity contribution in [2.75, 3.05) is 13.2 Å². The van der Waals surface area contributed by atoms with Gasteiger partial charge in [-0.15, -0.1) is 0 Å². The largest absolute Gasteiger partial charge is 0.390 e. The van der Waals surface area contributed by atoms with Gasteiger partial charge in [0.15, 0.2) is 0 Å². The van der Waals surface area contributed by atoms with E-state index in [4.69, 9.17) is 4.74 Å². The van der Waals surface area contributed by atoms with Gasteiger partial charge in [0.05, 0.1) is 6.61 Å². The summed E-state index contributed by atoms with van der Waals surface area (Å²) in [6, 6.07) is 7.38. The second kappa shape index (κ2) is 5.99. The third-order valence-electron chi connectivity index (χ3n) is 2.62. The topological polar surface area (TPSA) is 49.7 Å². The van der Waals surface area contributed by atoms with E-state index in [1.54, 1.807) is 6.07 Å². The number of aryl methyl sites for hydroxylation is 1. The minimum absolute atomic E-state index is 0.429. The van der Waals surface area contributed by atoms with Crippen LogP contribution in [-0.2, 0) is 10.5 Å². The predicted octanol–water partition coefficient (Wildman–Crippen LogP) is 1.95. The number of hydrogen-bond donors (Lipinski definition) is 2. The van der Waals surface area contributed by atoms with Gasteiger partial charge in [0.25, 0.3) is 0 Å². The van der Waals surface area contributed by atoms with Gasteiger partial charge in [-0.2, -0.15) is 0 Å². The van der Waals surface area contributed by atoms with E-state index in [2.05, 4.69) is 6.92 Å². The first-order valence-corrected chi connectivity index (χ1v) is 5.67. The summed E-state index contributed by atoms with van der Waals surface area (Å²) in [4.78, 5) is 0. The Kier molecular flexibility index (Phi) is 4.93. The first-order valence-electron chi connectivity index (χ1n) is 5.67. The van der Waals surface area contributed by atoms with Crippen LogP contribution in [0, 0.1) is 6.92 Å². The minimum atomic E-state index is -1.57. The predicted molar refractivity (Wildman–Crippen MR) is 63.0 cm³/mol. The molecule has 0 aliphatic rings. The zero-order valence-electron chi connectivity index (χ0n) is 9.94. The van der Waals surface area contributed by atoms with Gasteiger partial charge in [0.2, 0.25) is 5.79 Å². The Morgan fingerprint density at radius 3 is 2.56 bits per heavy atom. The summed E-state index contributed by atoms with van der Waals surface area (Å²) < 4.78 is 5.39. The van der Waals surface area contributed by atoms with Gasteiger partial charge >= 0.3 is 0 Å². The van der Waals surface area contributed by atoms with Crippen molar-refractivity contribution in [1.29, 1.82) is 0 Å². The summed E-state index contributed by atoms with van der Waals surface area (Å²) in [7, 11) is 0. The molecule has 0 bridgehead atoms. The average Bonchev–Trinajstić information content (AvgIpc) is 2.30. The van der Waals surface area contributed by atoms with E-state index in [1.165, 1.54) is 0 Å². The summed E-state index contributed by atoms with van der Waals surface area (Å²) in [6.07, 6.45) is 1.86. The quantitative estimate of drug-likeness (QED) is 0.573. The lowest BCUT2D eigenvalue weighted by Gasteiger charge is -2.28.